The highest BCUT2D eigenvalue weighted by Crippen LogP contribution is 2.43. The van der Waals surface area contributed by atoms with Gasteiger partial charge in [-0.25, -0.2) is 0 Å². The molecule has 0 unspecified atom stereocenters. The fraction of sp³-hybridized carbons (Fsp3) is 0.579. The summed E-state index contributed by atoms with van der Waals surface area (Å²) < 4.78 is 0. The van der Waals surface area contributed by atoms with Crippen LogP contribution in [0, 0.1) is 5.92 Å². The van der Waals surface area contributed by atoms with Gasteiger partial charge in [-0.3, -0.25) is 9.59 Å². The van der Waals surface area contributed by atoms with E-state index in [0.29, 0.717) is 13.0 Å². The normalized spacial score (nSPS) is 26.4. The first kappa shape index (κ1) is 17.0. The third kappa shape index (κ3) is 3.05. The van der Waals surface area contributed by atoms with Gasteiger partial charge < -0.3 is 15.3 Å². The van der Waals surface area contributed by atoms with Crippen LogP contribution in [0.1, 0.15) is 44.1 Å². The smallest absolute Gasteiger partial charge is 0.226 e. The molecule has 2 amide bonds. The minimum absolute atomic E-state index is 0.00898. The van der Waals surface area contributed by atoms with Crippen LogP contribution in [0.3, 0.4) is 0 Å². The quantitative estimate of drug-likeness (QED) is 0.833. The summed E-state index contributed by atoms with van der Waals surface area (Å²) >= 11 is 0. The molecule has 130 valence electrons. The lowest BCUT2D eigenvalue weighted by atomic mass is 9.72. The van der Waals surface area contributed by atoms with Crippen molar-refractivity contribution in [1.82, 2.24) is 10.2 Å². The van der Waals surface area contributed by atoms with Gasteiger partial charge in [-0.1, -0.05) is 43.7 Å². The highest BCUT2D eigenvalue weighted by Gasteiger charge is 2.52. The number of nitrogens with one attached hydrogen (secondary N) is 1. The van der Waals surface area contributed by atoms with E-state index in [-0.39, 0.29) is 42.3 Å². The summed E-state index contributed by atoms with van der Waals surface area (Å²) in [6.07, 6.45) is 3.42. The van der Waals surface area contributed by atoms with Gasteiger partial charge in [0.15, 0.2) is 0 Å². The van der Waals surface area contributed by atoms with Gasteiger partial charge in [0.2, 0.25) is 11.8 Å². The van der Waals surface area contributed by atoms with Crippen molar-refractivity contribution in [2.45, 2.75) is 50.6 Å². The van der Waals surface area contributed by atoms with Crippen LogP contribution in [-0.2, 0) is 9.59 Å². The molecule has 3 atom stereocenters. The summed E-state index contributed by atoms with van der Waals surface area (Å²) in [6.45, 7) is 2.22. The van der Waals surface area contributed by atoms with E-state index in [4.69, 9.17) is 0 Å². The molecule has 2 aliphatic rings. The molecular formula is C19H26N2O3. The van der Waals surface area contributed by atoms with Crippen LogP contribution in [0.4, 0.5) is 0 Å². The van der Waals surface area contributed by atoms with E-state index < -0.39 is 0 Å². The molecule has 0 spiro atoms. The van der Waals surface area contributed by atoms with Crippen LogP contribution in [-0.4, -0.2) is 47.1 Å². The molecule has 5 nitrogen and oxygen atoms in total. The van der Waals surface area contributed by atoms with Crippen molar-refractivity contribution in [3.63, 3.8) is 0 Å². The number of hydrogen-bond acceptors (Lipinski definition) is 3. The number of likely N-dealkylation sites (tertiary alicyclic amines) is 1. The van der Waals surface area contributed by atoms with Crippen molar-refractivity contribution in [3.05, 3.63) is 35.9 Å². The topological polar surface area (TPSA) is 69.6 Å². The lowest BCUT2D eigenvalue weighted by Gasteiger charge is -2.56. The molecule has 1 saturated heterocycles. The summed E-state index contributed by atoms with van der Waals surface area (Å²) in [6, 6.07) is 9.71. The van der Waals surface area contributed by atoms with Gasteiger partial charge >= 0.3 is 0 Å². The van der Waals surface area contributed by atoms with E-state index in [1.54, 1.807) is 0 Å². The average molecular weight is 330 g/mol. The van der Waals surface area contributed by atoms with Gasteiger partial charge in [-0.2, -0.15) is 0 Å². The largest absolute Gasteiger partial charge is 0.394 e. The third-order valence-electron chi connectivity index (χ3n) is 5.45. The lowest BCUT2D eigenvalue weighted by Crippen LogP contribution is -2.69. The van der Waals surface area contributed by atoms with Crippen LogP contribution in [0.15, 0.2) is 30.3 Å². The van der Waals surface area contributed by atoms with Crippen LogP contribution >= 0.6 is 0 Å². The van der Waals surface area contributed by atoms with Crippen LogP contribution < -0.4 is 5.32 Å². The number of nitrogens with zero attached hydrogens (tertiary/aromatic N) is 1. The summed E-state index contributed by atoms with van der Waals surface area (Å²) in [4.78, 5) is 26.3. The fourth-order valence-electron chi connectivity index (χ4n) is 3.83. The van der Waals surface area contributed by atoms with Gasteiger partial charge in [-0.05, 0) is 18.4 Å². The Bertz CT molecular complexity index is 586. The molecule has 1 aromatic carbocycles. The number of amides is 2. The number of carbonyl (C=O) groups excluding carboxylic acids is 2. The predicted octanol–water partition coefficient (Wildman–Crippen LogP) is 1.67. The predicted molar refractivity (Wildman–Crippen MR) is 91.3 cm³/mol. The van der Waals surface area contributed by atoms with Gasteiger partial charge in [0.05, 0.1) is 18.7 Å². The number of aliphatic hydroxyl groups excluding tert-OH is 1. The minimum atomic E-state index is -0.191. The van der Waals surface area contributed by atoms with Crippen molar-refractivity contribution in [2.24, 2.45) is 5.92 Å². The van der Waals surface area contributed by atoms with E-state index in [1.807, 2.05) is 42.2 Å². The zero-order valence-corrected chi connectivity index (χ0v) is 14.1. The third-order valence-corrected chi connectivity index (χ3v) is 5.45. The SMILES string of the molecule is CCC(=O)NC[C@@H]1[C@@H](c2ccccc2)[C@@H](CO)N1C(=O)C1CCC1. The van der Waals surface area contributed by atoms with Crippen molar-refractivity contribution in [1.29, 1.82) is 0 Å². The molecule has 0 bridgehead atoms. The summed E-state index contributed by atoms with van der Waals surface area (Å²) in [5, 5.41) is 12.8. The second kappa shape index (κ2) is 7.34. The molecule has 3 rings (SSSR count). The van der Waals surface area contributed by atoms with Crippen molar-refractivity contribution >= 4 is 11.8 Å². The average Bonchev–Trinajstić information content (AvgIpc) is 2.53. The second-order valence-corrected chi connectivity index (χ2v) is 6.78. The number of benzene rings is 1. The van der Waals surface area contributed by atoms with Crippen molar-refractivity contribution in [2.75, 3.05) is 13.2 Å². The standard InChI is InChI=1S/C19H26N2O3/c1-2-17(23)20-11-15-18(13-7-4-3-5-8-13)16(12-22)21(15)19(24)14-9-6-10-14/h3-5,7-8,14-16,18,22H,2,6,9-12H2,1H3,(H,20,23)/t15-,16-,18-/m1/s1. The maximum absolute atomic E-state index is 12.8. The Kier molecular flexibility index (Phi) is 5.19. The molecular weight excluding hydrogens is 304 g/mol. The van der Waals surface area contributed by atoms with E-state index in [9.17, 15) is 14.7 Å². The fourth-order valence-corrected chi connectivity index (χ4v) is 3.83. The first-order valence-electron chi connectivity index (χ1n) is 8.92. The monoisotopic (exact) mass is 330 g/mol. The van der Waals surface area contributed by atoms with Gasteiger partial charge in [0.25, 0.3) is 0 Å². The molecule has 5 heteroatoms. The van der Waals surface area contributed by atoms with E-state index in [2.05, 4.69) is 5.32 Å². The van der Waals surface area contributed by atoms with Crippen molar-refractivity contribution in [3.8, 4) is 0 Å². The molecule has 1 aromatic rings. The molecule has 2 fully saturated rings. The second-order valence-electron chi connectivity index (χ2n) is 6.78. The zero-order chi connectivity index (χ0) is 17.1. The van der Waals surface area contributed by atoms with Crippen LogP contribution in [0.5, 0.6) is 0 Å². The van der Waals surface area contributed by atoms with Crippen molar-refractivity contribution < 1.29 is 14.7 Å². The molecule has 1 heterocycles. The van der Waals surface area contributed by atoms with Gasteiger partial charge in [-0.15, -0.1) is 0 Å². The lowest BCUT2D eigenvalue weighted by molar-refractivity contribution is -0.158. The molecule has 0 radical (unpaired) electrons. The summed E-state index contributed by atoms with van der Waals surface area (Å²) in [5.41, 5.74) is 1.12. The molecule has 1 aliphatic carbocycles. The number of hydrogen-bond donors (Lipinski definition) is 2. The highest BCUT2D eigenvalue weighted by atomic mass is 16.3. The Morgan fingerprint density at radius 1 is 1.21 bits per heavy atom. The molecule has 1 aliphatic heterocycles. The Balaban J connectivity index is 1.80. The van der Waals surface area contributed by atoms with Crippen LogP contribution in [0.2, 0.25) is 0 Å². The molecule has 1 saturated carbocycles. The van der Waals surface area contributed by atoms with E-state index >= 15 is 0 Å². The van der Waals surface area contributed by atoms with Gasteiger partial charge in [0.1, 0.15) is 0 Å². The van der Waals surface area contributed by atoms with Crippen LogP contribution in [0.25, 0.3) is 0 Å². The molecule has 0 aromatic heterocycles. The molecule has 24 heavy (non-hydrogen) atoms. The Labute approximate surface area is 143 Å². The maximum Gasteiger partial charge on any atom is 0.226 e. The minimum Gasteiger partial charge on any atom is -0.394 e. The van der Waals surface area contributed by atoms with Gasteiger partial charge in [0, 0.05) is 24.8 Å². The Morgan fingerprint density at radius 2 is 1.92 bits per heavy atom. The highest BCUT2D eigenvalue weighted by molar-refractivity contribution is 5.82. The Morgan fingerprint density at radius 3 is 2.46 bits per heavy atom. The van der Waals surface area contributed by atoms with E-state index in [1.165, 1.54) is 0 Å². The maximum atomic E-state index is 12.8. The number of rotatable bonds is 6. The molecule has 2 N–H and O–H groups in total. The summed E-state index contributed by atoms with van der Waals surface area (Å²) in [7, 11) is 0. The first-order chi connectivity index (χ1) is 11.7. The van der Waals surface area contributed by atoms with E-state index in [0.717, 1.165) is 24.8 Å². The first-order valence-corrected chi connectivity index (χ1v) is 8.92. The summed E-state index contributed by atoms with van der Waals surface area (Å²) in [5.74, 6) is 0.297. The Hall–Kier alpha value is -1.88. The number of carbonyl (C=O) groups is 2. The number of aliphatic hydroxyl groups is 1. The zero-order valence-electron chi connectivity index (χ0n) is 14.1.